The average molecular weight is 1730 g/mol. The Morgan fingerprint density at radius 2 is 1.19 bits per heavy atom. The van der Waals surface area contributed by atoms with E-state index in [1.807, 2.05) is 50.3 Å². The SMILES string of the molecule is CCCC(=O)OCN(C(=O)[C@@H](NC(=O)[C@H]1CCCCN1C)C(C)CC)[C@H](C[C@@H](OC(C)=O)c1nc(C(=O)N[C@@H](Cc2ccc(O)cc2)C[C@H](C)C(=O)NNC(=O)OCCSSC[C@@H](NC(=O)[C@@H](Cc2ccccc2)NC(=O)[C@H](CC)NC(=O)CC[C@H](NC(=O)CC[C@H](NC(=O)N[C@@H](CCC(=O)O)C(=O)O)C(=O)O)C(=O)O)C(=O)O)cs1)C(C)C. The maximum absolute atomic E-state index is 15.0. The molecule has 0 bridgehead atoms. The van der Waals surface area contributed by atoms with Gasteiger partial charge in [0.1, 0.15) is 65.4 Å². The molecule has 0 spiro atoms. The molecule has 13 atom stereocenters. The number of aromatic nitrogens is 1. The number of rotatable bonds is 52. The number of carboxylic acids is 5. The Kier molecular flexibility index (Phi) is 44.0. The minimum atomic E-state index is -1.80. The molecule has 658 valence electrons. The number of likely N-dealkylation sites (N-methyl/N-ethyl adjacent to an activating group) is 1. The van der Waals surface area contributed by atoms with E-state index in [2.05, 4.69) is 47.7 Å². The van der Waals surface area contributed by atoms with Crippen LogP contribution in [0.15, 0.2) is 60.0 Å². The number of hydrazine groups is 1. The number of carboxylic acid groups (broad SMARTS) is 5. The van der Waals surface area contributed by atoms with Crippen molar-refractivity contribution in [2.24, 2.45) is 17.8 Å². The van der Waals surface area contributed by atoms with Crippen molar-refractivity contribution in [3.05, 3.63) is 81.8 Å². The summed E-state index contributed by atoms with van der Waals surface area (Å²) in [6.45, 7) is 13.5. The van der Waals surface area contributed by atoms with Gasteiger partial charge in [0, 0.05) is 80.3 Å². The van der Waals surface area contributed by atoms with Crippen LogP contribution in [-0.2, 0) is 94.2 Å². The van der Waals surface area contributed by atoms with E-state index < -0.39 is 213 Å². The number of nitrogens with zero attached hydrogens (tertiary/aromatic N) is 3. The molecule has 0 saturated carbocycles. The van der Waals surface area contributed by atoms with E-state index in [9.17, 15) is 102 Å². The van der Waals surface area contributed by atoms with Crippen LogP contribution in [0.1, 0.15) is 184 Å². The lowest BCUT2D eigenvalue weighted by Gasteiger charge is -2.39. The topological polar surface area (TPSA) is 579 Å². The normalized spacial score (nSPS) is 15.6. The number of nitrogens with one attached hydrogen (secondary N) is 10. The predicted molar refractivity (Wildman–Crippen MR) is 432 cm³/mol. The summed E-state index contributed by atoms with van der Waals surface area (Å²) in [5.74, 6) is -16.7. The first-order chi connectivity index (χ1) is 56.3. The first-order valence-electron chi connectivity index (χ1n) is 38.9. The molecule has 11 amide bonds. The van der Waals surface area contributed by atoms with Gasteiger partial charge in [-0.1, -0.05) is 125 Å². The van der Waals surface area contributed by atoms with Gasteiger partial charge in [-0.3, -0.25) is 63.1 Å². The number of aliphatic carboxylic acids is 5. The van der Waals surface area contributed by atoms with Crippen molar-refractivity contribution >= 4 is 134 Å². The van der Waals surface area contributed by atoms with Gasteiger partial charge in [-0.05, 0) is 106 Å². The quantitative estimate of drug-likeness (QED) is 0.00951. The molecule has 42 heteroatoms. The molecule has 4 rings (SSSR count). The Morgan fingerprint density at radius 3 is 1.76 bits per heavy atom. The number of esters is 2. The number of carbonyl (C=O) groups excluding carboxylic acids is 12. The summed E-state index contributed by atoms with van der Waals surface area (Å²) in [5, 5.41) is 78.9. The lowest BCUT2D eigenvalue weighted by atomic mass is 9.92. The Labute approximate surface area is 700 Å². The van der Waals surface area contributed by atoms with Gasteiger partial charge < -0.3 is 92.3 Å². The summed E-state index contributed by atoms with van der Waals surface area (Å²) >= 11 is 1.01. The van der Waals surface area contributed by atoms with Gasteiger partial charge in [0.25, 0.3) is 5.91 Å². The fraction of sp³-hybridized carbons (Fsp3) is 0.584. The van der Waals surface area contributed by atoms with E-state index in [4.69, 9.17) is 19.3 Å². The van der Waals surface area contributed by atoms with E-state index >= 15 is 4.79 Å². The summed E-state index contributed by atoms with van der Waals surface area (Å²) in [4.78, 5) is 228. The van der Waals surface area contributed by atoms with Crippen LogP contribution in [0, 0.1) is 17.8 Å². The summed E-state index contributed by atoms with van der Waals surface area (Å²) in [5.41, 5.74) is 5.58. The van der Waals surface area contributed by atoms with Crippen LogP contribution in [0.2, 0.25) is 0 Å². The van der Waals surface area contributed by atoms with Crippen LogP contribution in [0.3, 0.4) is 0 Å². The number of piperidine rings is 1. The second kappa shape index (κ2) is 52.1. The van der Waals surface area contributed by atoms with Crippen molar-refractivity contribution < 1.29 is 126 Å². The number of ether oxygens (including phenoxy) is 3. The standard InChI is InChI=1S/C77H111N13O26S3/c1-10-18-63(97)115-41-90(71(103)64(43(6)11-2)86-69(102)57-21-16-17-32-89(57)9)58(42(4)5)38-59(116-45(8)91)70-83-55(39-117-70)68(101)78-48(36-47-22-24-49(92)25-23-47)35-44(7)65(98)87-88-77(113)114-33-34-118-119-40-56(75(110)111)82-67(100)54(37-46-19-14-13-15-20-46)81-66(99)50(12-3)79-60(93)29-26-51(72(104)105)80-61(94)30-27-52(73(106)107)84-76(112)85-53(74(108)109)28-31-62(95)96/h13-15,19-20,22-25,39,42-44,48,50-54,56-59,64,92H,10-12,16-18,21,26-38,40-41H2,1-9H3,(H,78,101)(H,79,93)(H,80,94)(H,81,99)(H,82,100)(H,86,102)(H,87,98)(H,88,113)(H,95,96)(H,104,105)(H,106,107)(H,108,109)(H,110,111)(H2,84,85,112)/t43?,44-,48+,50-,51-,52-,53-,54+,56+,57+,58+,59+,64-/m0/s1. The molecule has 39 nitrogen and oxygen atoms in total. The summed E-state index contributed by atoms with van der Waals surface area (Å²) in [6.07, 6.45) is -2.59. The molecule has 1 aliphatic heterocycles. The van der Waals surface area contributed by atoms with Crippen LogP contribution in [0.25, 0.3) is 0 Å². The number of carbonyl (C=O) groups is 17. The number of aromatic hydroxyl groups is 1. The van der Waals surface area contributed by atoms with Crippen molar-refractivity contribution in [3.63, 3.8) is 0 Å². The molecule has 0 radical (unpaired) electrons. The van der Waals surface area contributed by atoms with Crippen LogP contribution >= 0.6 is 32.9 Å². The molecule has 1 aliphatic rings. The number of likely N-dealkylation sites (tertiary alicyclic amines) is 1. The Bertz CT molecular complexity index is 3940. The number of amides is 11. The van der Waals surface area contributed by atoms with Gasteiger partial charge in [0.15, 0.2) is 12.8 Å². The number of hydrogen-bond acceptors (Lipinski definition) is 26. The van der Waals surface area contributed by atoms with Crippen molar-refractivity contribution in [1.29, 1.82) is 0 Å². The number of urea groups is 1. The smallest absolute Gasteiger partial charge is 0.426 e. The highest BCUT2D eigenvalue weighted by Crippen LogP contribution is 2.33. The van der Waals surface area contributed by atoms with Crippen molar-refractivity contribution in [1.82, 2.24) is 68.2 Å². The second-order valence-electron chi connectivity index (χ2n) is 28.9. The molecule has 16 N–H and O–H groups in total. The van der Waals surface area contributed by atoms with Gasteiger partial charge in [0.05, 0.1) is 6.04 Å². The highest BCUT2D eigenvalue weighted by molar-refractivity contribution is 8.76. The number of phenols is 1. The van der Waals surface area contributed by atoms with Crippen molar-refractivity contribution in [2.75, 3.05) is 38.4 Å². The Hall–Kier alpha value is -10.9. The zero-order valence-electron chi connectivity index (χ0n) is 67.8. The van der Waals surface area contributed by atoms with Gasteiger partial charge in [0.2, 0.25) is 41.4 Å². The highest BCUT2D eigenvalue weighted by Gasteiger charge is 2.41. The first kappa shape index (κ1) is 100. The molecule has 2 aromatic carbocycles. The Morgan fingerprint density at radius 1 is 0.613 bits per heavy atom. The first-order valence-corrected chi connectivity index (χ1v) is 42.3. The van der Waals surface area contributed by atoms with Gasteiger partial charge in [-0.2, -0.15) is 0 Å². The summed E-state index contributed by atoms with van der Waals surface area (Å²) in [7, 11) is 3.90. The van der Waals surface area contributed by atoms with Gasteiger partial charge in [-0.15, -0.1) is 11.3 Å². The zero-order chi connectivity index (χ0) is 88.6. The number of phenolic OH excluding ortho intramolecular Hbond substituents is 1. The fourth-order valence-electron chi connectivity index (χ4n) is 12.3. The van der Waals surface area contributed by atoms with E-state index in [-0.39, 0.29) is 90.8 Å². The lowest BCUT2D eigenvalue weighted by molar-refractivity contribution is -0.161. The van der Waals surface area contributed by atoms with Gasteiger partial charge >= 0.3 is 53.9 Å². The molecular weight excluding hydrogens is 1620 g/mol. The number of thiazole rings is 1. The predicted octanol–water partition coefficient (Wildman–Crippen LogP) is 3.91. The maximum atomic E-state index is 15.0. The van der Waals surface area contributed by atoms with Crippen LogP contribution in [0.4, 0.5) is 9.59 Å². The molecule has 1 fully saturated rings. The second-order valence-corrected chi connectivity index (χ2v) is 32.4. The average Bonchev–Trinajstić information content (AvgIpc) is 1.78. The molecule has 119 heavy (non-hydrogen) atoms. The van der Waals surface area contributed by atoms with E-state index in [1.165, 1.54) is 43.2 Å². The molecule has 1 unspecified atom stereocenters. The molecule has 1 aromatic heterocycles. The molecule has 1 saturated heterocycles. The van der Waals surface area contributed by atoms with Crippen molar-refractivity contribution in [3.8, 4) is 5.75 Å². The summed E-state index contributed by atoms with van der Waals surface area (Å²) < 4.78 is 16.8. The molecule has 2 heterocycles. The monoisotopic (exact) mass is 1730 g/mol. The van der Waals surface area contributed by atoms with E-state index in [1.54, 1.807) is 49.4 Å². The summed E-state index contributed by atoms with van der Waals surface area (Å²) in [6, 6.07) is 0.502. The Balaban J connectivity index is 1.34. The third kappa shape index (κ3) is 36.5. The number of benzene rings is 2. The van der Waals surface area contributed by atoms with Crippen molar-refractivity contribution in [2.45, 2.75) is 231 Å². The maximum Gasteiger partial charge on any atom is 0.426 e. The molecule has 3 aromatic rings. The zero-order valence-corrected chi connectivity index (χ0v) is 70.3. The minimum absolute atomic E-state index is 0.0227. The third-order valence-electron chi connectivity index (χ3n) is 19.2. The molecule has 0 aliphatic carbocycles. The van der Waals surface area contributed by atoms with E-state index in [0.29, 0.717) is 36.9 Å². The van der Waals surface area contributed by atoms with E-state index in [0.717, 1.165) is 45.8 Å². The van der Waals surface area contributed by atoms with Crippen LogP contribution in [-0.4, -0.2) is 245 Å². The minimum Gasteiger partial charge on any atom is -0.508 e. The van der Waals surface area contributed by atoms with Crippen LogP contribution in [0.5, 0.6) is 5.75 Å². The number of hydrogen-bond donors (Lipinski definition) is 16. The third-order valence-corrected chi connectivity index (χ3v) is 22.5. The lowest BCUT2D eigenvalue weighted by Crippen LogP contribution is -2.59. The fourth-order valence-corrected chi connectivity index (χ4v) is 15.1. The highest BCUT2D eigenvalue weighted by atomic mass is 33.1. The molecular formula is C77H111N13O26S3. The van der Waals surface area contributed by atoms with Crippen LogP contribution < -0.4 is 53.4 Å². The van der Waals surface area contributed by atoms with Gasteiger partial charge in [-0.25, -0.2) is 39.2 Å². The largest absolute Gasteiger partial charge is 0.508 e.